The third-order valence-corrected chi connectivity index (χ3v) is 7.10. The van der Waals surface area contributed by atoms with E-state index in [1.807, 2.05) is 0 Å². The molecule has 3 heterocycles. The first-order valence-corrected chi connectivity index (χ1v) is 12.6. The van der Waals surface area contributed by atoms with Crippen LogP contribution in [0.3, 0.4) is 0 Å². The molecule has 3 atom stereocenters. The Morgan fingerprint density at radius 3 is 2.59 bits per heavy atom. The van der Waals surface area contributed by atoms with Crippen molar-refractivity contribution < 1.29 is 43.4 Å². The zero-order valence-corrected chi connectivity index (χ0v) is 21.3. The van der Waals surface area contributed by atoms with Crippen LogP contribution in [0, 0.1) is 0 Å². The Labute approximate surface area is 220 Å². The molecule has 0 radical (unpaired) electrons. The highest BCUT2D eigenvalue weighted by molar-refractivity contribution is 7.12. The van der Waals surface area contributed by atoms with Crippen LogP contribution in [-0.2, 0) is 33.5 Å². The number of rotatable bonds is 9. The Kier molecular flexibility index (Phi) is 9.21. The van der Waals surface area contributed by atoms with Gasteiger partial charge in [-0.15, -0.1) is 11.3 Å². The van der Waals surface area contributed by atoms with Gasteiger partial charge < -0.3 is 20.5 Å². The number of hydrogen-bond donors (Lipinski definition) is 3. The van der Waals surface area contributed by atoms with Crippen molar-refractivity contribution in [3.8, 4) is 0 Å². The number of esters is 1. The second kappa shape index (κ2) is 12.1. The number of ketones is 1. The lowest BCUT2D eigenvalue weighted by atomic mass is 10.0. The maximum absolute atomic E-state index is 13.2. The Morgan fingerprint density at radius 1 is 1.24 bits per heavy atom. The lowest BCUT2D eigenvalue weighted by Crippen LogP contribution is -2.64. The van der Waals surface area contributed by atoms with Crippen LogP contribution in [0.2, 0.25) is 5.02 Å². The third kappa shape index (κ3) is 6.83. The molecule has 0 unspecified atom stereocenters. The first-order valence-electron chi connectivity index (χ1n) is 11.3. The van der Waals surface area contributed by atoms with Gasteiger partial charge in [-0.3, -0.25) is 33.8 Å². The summed E-state index contributed by atoms with van der Waals surface area (Å²) in [5.74, 6) is -5.58. The standard InChI is InChI=1S/C22H25ClN4O9S/c1-11(28)24-13-4-5-17(30)26-7-2-3-15(27(26)21(13)34)20(33)25-14(9-18(31)32)16(29)10-36-22(35)19-12(23)6-8-37-19/h6,8,13-15H,2-5,7,9-10H2,1H3,(H,24,28)(H,25,33)(H,31,32)/t13-,14-,15-/m0/s1. The van der Waals surface area contributed by atoms with Crippen molar-refractivity contribution in [2.24, 2.45) is 0 Å². The van der Waals surface area contributed by atoms with Gasteiger partial charge in [-0.1, -0.05) is 11.6 Å². The van der Waals surface area contributed by atoms with Crippen LogP contribution in [0.25, 0.3) is 0 Å². The molecule has 2 saturated heterocycles. The highest BCUT2D eigenvalue weighted by Crippen LogP contribution is 2.25. The maximum Gasteiger partial charge on any atom is 0.350 e. The van der Waals surface area contributed by atoms with Gasteiger partial charge in [0.25, 0.3) is 5.91 Å². The van der Waals surface area contributed by atoms with E-state index in [-0.39, 0.29) is 35.7 Å². The van der Waals surface area contributed by atoms with E-state index in [0.717, 1.165) is 21.4 Å². The van der Waals surface area contributed by atoms with Crippen molar-refractivity contribution in [3.05, 3.63) is 21.3 Å². The molecule has 2 fully saturated rings. The van der Waals surface area contributed by atoms with Gasteiger partial charge >= 0.3 is 11.9 Å². The number of hydrogen-bond acceptors (Lipinski definition) is 9. The predicted octanol–water partition coefficient (Wildman–Crippen LogP) is 0.120. The number of fused-ring (bicyclic) bond motifs is 1. The fourth-order valence-electron chi connectivity index (χ4n) is 4.08. The lowest BCUT2D eigenvalue weighted by molar-refractivity contribution is -0.176. The molecule has 37 heavy (non-hydrogen) atoms. The number of thiophene rings is 1. The number of ether oxygens (including phenoxy) is 1. The van der Waals surface area contributed by atoms with Gasteiger partial charge in [0.05, 0.1) is 11.4 Å². The number of hydrazine groups is 1. The van der Waals surface area contributed by atoms with Crippen molar-refractivity contribution in [2.75, 3.05) is 13.2 Å². The second-order valence-electron chi connectivity index (χ2n) is 8.45. The number of Topliss-reactive ketones (excluding diaryl/α,β-unsaturated/α-hetero) is 1. The number of carboxylic acid groups (broad SMARTS) is 1. The number of amides is 4. The molecular formula is C22H25ClN4O9S. The van der Waals surface area contributed by atoms with Gasteiger partial charge in [-0.05, 0) is 30.7 Å². The minimum absolute atomic E-state index is 0.0265. The zero-order valence-electron chi connectivity index (χ0n) is 19.7. The number of nitrogens with zero attached hydrogens (tertiary/aromatic N) is 2. The molecular weight excluding hydrogens is 532 g/mol. The highest BCUT2D eigenvalue weighted by Gasteiger charge is 2.45. The Hall–Kier alpha value is -3.52. The molecule has 0 aliphatic carbocycles. The molecule has 3 rings (SSSR count). The van der Waals surface area contributed by atoms with E-state index in [1.165, 1.54) is 13.0 Å². The summed E-state index contributed by atoms with van der Waals surface area (Å²) in [5, 5.41) is 17.9. The topological polar surface area (TPSA) is 179 Å². The molecule has 0 aromatic carbocycles. The average molecular weight is 557 g/mol. The summed E-state index contributed by atoms with van der Waals surface area (Å²) in [4.78, 5) is 86.9. The number of carbonyl (C=O) groups is 7. The summed E-state index contributed by atoms with van der Waals surface area (Å²) < 4.78 is 4.94. The Balaban J connectivity index is 1.75. The molecule has 0 saturated carbocycles. The quantitative estimate of drug-likeness (QED) is 0.356. The van der Waals surface area contributed by atoms with Crippen LogP contribution in [0.4, 0.5) is 0 Å². The first-order chi connectivity index (χ1) is 17.5. The molecule has 0 spiro atoms. The number of carbonyl (C=O) groups excluding carboxylic acids is 6. The van der Waals surface area contributed by atoms with Crippen LogP contribution in [0.5, 0.6) is 0 Å². The van der Waals surface area contributed by atoms with E-state index in [1.54, 1.807) is 5.38 Å². The van der Waals surface area contributed by atoms with Gasteiger partial charge in [-0.2, -0.15) is 0 Å². The summed E-state index contributed by atoms with van der Waals surface area (Å²) in [6.07, 6.45) is -0.275. The van der Waals surface area contributed by atoms with Gasteiger partial charge in [0.1, 0.15) is 23.0 Å². The van der Waals surface area contributed by atoms with E-state index >= 15 is 0 Å². The van der Waals surface area contributed by atoms with Crippen LogP contribution in [0.15, 0.2) is 11.4 Å². The van der Waals surface area contributed by atoms with Gasteiger partial charge in [0.2, 0.25) is 17.7 Å². The first kappa shape index (κ1) is 28.1. The molecule has 13 nitrogen and oxygen atoms in total. The minimum atomic E-state index is -1.57. The van der Waals surface area contributed by atoms with Crippen LogP contribution in [-0.4, -0.2) is 87.8 Å². The summed E-state index contributed by atoms with van der Waals surface area (Å²) in [7, 11) is 0. The van der Waals surface area contributed by atoms with Crippen molar-refractivity contribution in [1.29, 1.82) is 0 Å². The Bertz CT molecular complexity index is 1120. The van der Waals surface area contributed by atoms with Gasteiger partial charge in [0, 0.05) is 19.9 Å². The zero-order chi connectivity index (χ0) is 27.3. The van der Waals surface area contributed by atoms with Crippen LogP contribution in [0.1, 0.15) is 48.7 Å². The fourth-order valence-corrected chi connectivity index (χ4v) is 5.11. The van der Waals surface area contributed by atoms with E-state index in [0.29, 0.717) is 6.42 Å². The van der Waals surface area contributed by atoms with E-state index in [4.69, 9.17) is 16.3 Å². The van der Waals surface area contributed by atoms with E-state index in [2.05, 4.69) is 10.6 Å². The molecule has 4 amide bonds. The maximum atomic E-state index is 13.2. The highest BCUT2D eigenvalue weighted by atomic mass is 35.5. The summed E-state index contributed by atoms with van der Waals surface area (Å²) in [5.41, 5.74) is 0. The molecule has 200 valence electrons. The predicted molar refractivity (Wildman–Crippen MR) is 127 cm³/mol. The number of halogens is 1. The number of nitrogens with one attached hydrogen (secondary N) is 2. The molecule has 3 N–H and O–H groups in total. The van der Waals surface area contributed by atoms with Gasteiger partial charge in [0.15, 0.2) is 12.4 Å². The normalized spacial score (nSPS) is 20.4. The van der Waals surface area contributed by atoms with Crippen molar-refractivity contribution in [2.45, 2.75) is 57.2 Å². The van der Waals surface area contributed by atoms with E-state index in [9.17, 15) is 38.7 Å². The number of carboxylic acids is 1. The number of aliphatic carboxylic acids is 1. The molecule has 1 aromatic rings. The fraction of sp³-hybridized carbons (Fsp3) is 0.500. The molecule has 15 heteroatoms. The molecule has 2 aliphatic heterocycles. The monoisotopic (exact) mass is 556 g/mol. The Morgan fingerprint density at radius 2 is 1.97 bits per heavy atom. The van der Waals surface area contributed by atoms with Gasteiger partial charge in [-0.25, -0.2) is 9.80 Å². The largest absolute Gasteiger partial charge is 0.481 e. The SMILES string of the molecule is CC(=O)N[C@H]1CCC(=O)N2CCC[C@@H](C(=O)N[C@@H](CC(=O)O)C(=O)COC(=O)c3sccc3Cl)N2C1=O. The van der Waals surface area contributed by atoms with Crippen LogP contribution >= 0.6 is 22.9 Å². The third-order valence-electron chi connectivity index (χ3n) is 5.77. The smallest absolute Gasteiger partial charge is 0.350 e. The molecule has 0 bridgehead atoms. The molecule has 2 aliphatic rings. The van der Waals surface area contributed by atoms with Crippen molar-refractivity contribution in [1.82, 2.24) is 20.7 Å². The average Bonchev–Trinajstić information content (AvgIpc) is 3.24. The minimum Gasteiger partial charge on any atom is -0.481 e. The summed E-state index contributed by atoms with van der Waals surface area (Å²) in [6, 6.07) is -2.36. The summed E-state index contributed by atoms with van der Waals surface area (Å²) in [6.45, 7) is 0.577. The second-order valence-corrected chi connectivity index (χ2v) is 9.77. The van der Waals surface area contributed by atoms with Crippen LogP contribution < -0.4 is 10.6 Å². The van der Waals surface area contributed by atoms with E-state index < -0.39 is 72.5 Å². The van der Waals surface area contributed by atoms with Crippen molar-refractivity contribution >= 4 is 64.3 Å². The summed E-state index contributed by atoms with van der Waals surface area (Å²) >= 11 is 6.87. The molecule has 1 aromatic heterocycles. The lowest BCUT2D eigenvalue weighted by Gasteiger charge is -2.43. The van der Waals surface area contributed by atoms with Crippen molar-refractivity contribution in [3.63, 3.8) is 0 Å².